The van der Waals surface area contributed by atoms with Crippen molar-refractivity contribution in [3.05, 3.63) is 23.0 Å². The molecule has 0 aliphatic carbocycles. The fraction of sp³-hybridized carbons (Fsp3) is 0.500. The predicted octanol–water partition coefficient (Wildman–Crippen LogP) is 2.68. The third-order valence-electron chi connectivity index (χ3n) is 2.98. The molecule has 0 saturated carbocycles. The molecule has 2 N–H and O–H groups in total. The van der Waals surface area contributed by atoms with Gasteiger partial charge in [0.25, 0.3) is 0 Å². The summed E-state index contributed by atoms with van der Waals surface area (Å²) in [5, 5.41) is 0.0526. The molecule has 1 aromatic rings. The van der Waals surface area contributed by atoms with Crippen LogP contribution in [0, 0.1) is 5.82 Å². The molecule has 0 radical (unpaired) electrons. The second-order valence-electron chi connectivity index (χ2n) is 4.34. The Labute approximate surface area is 105 Å². The molecule has 0 bridgehead atoms. The third kappa shape index (κ3) is 2.82. The summed E-state index contributed by atoms with van der Waals surface area (Å²) < 4.78 is 18.9. The molecular formula is C12H16ClFN2O. The maximum Gasteiger partial charge on any atom is 0.144 e. The second-order valence-corrected chi connectivity index (χ2v) is 4.75. The van der Waals surface area contributed by atoms with Crippen molar-refractivity contribution in [1.82, 2.24) is 0 Å². The zero-order chi connectivity index (χ0) is 12.4. The molecule has 1 aliphatic rings. The highest BCUT2D eigenvalue weighted by molar-refractivity contribution is 6.31. The first-order valence-corrected chi connectivity index (χ1v) is 6.03. The van der Waals surface area contributed by atoms with Gasteiger partial charge >= 0.3 is 0 Å². The molecule has 3 nitrogen and oxygen atoms in total. The number of hydrogen-bond donors (Lipinski definition) is 1. The number of nitrogens with zero attached hydrogens (tertiary/aromatic N) is 1. The highest BCUT2D eigenvalue weighted by atomic mass is 35.5. The fourth-order valence-corrected chi connectivity index (χ4v) is 2.25. The maximum atomic E-state index is 13.4. The Kier molecular flexibility index (Phi) is 3.74. The Morgan fingerprint density at radius 2 is 2.35 bits per heavy atom. The van der Waals surface area contributed by atoms with Gasteiger partial charge in [0.1, 0.15) is 5.82 Å². The molecule has 2 rings (SSSR count). The van der Waals surface area contributed by atoms with Gasteiger partial charge < -0.3 is 15.4 Å². The molecule has 1 saturated heterocycles. The highest BCUT2D eigenvalue weighted by Gasteiger charge is 2.19. The summed E-state index contributed by atoms with van der Waals surface area (Å²) in [6, 6.07) is 2.81. The average molecular weight is 259 g/mol. The Bertz CT molecular complexity index is 408. The first-order valence-electron chi connectivity index (χ1n) is 5.65. The van der Waals surface area contributed by atoms with Crippen LogP contribution < -0.4 is 10.6 Å². The van der Waals surface area contributed by atoms with Gasteiger partial charge in [-0.3, -0.25) is 0 Å². The van der Waals surface area contributed by atoms with E-state index in [1.807, 2.05) is 11.9 Å². The number of rotatable bonds is 3. The van der Waals surface area contributed by atoms with E-state index in [9.17, 15) is 4.39 Å². The summed E-state index contributed by atoms with van der Waals surface area (Å²) in [5.74, 6) is -0.449. The zero-order valence-electron chi connectivity index (χ0n) is 9.75. The van der Waals surface area contributed by atoms with Crippen LogP contribution >= 0.6 is 11.6 Å². The minimum atomic E-state index is -0.449. The van der Waals surface area contributed by atoms with Gasteiger partial charge in [0.05, 0.1) is 22.5 Å². The van der Waals surface area contributed by atoms with Crippen LogP contribution in [-0.2, 0) is 4.74 Å². The van der Waals surface area contributed by atoms with Crippen molar-refractivity contribution >= 4 is 23.0 Å². The van der Waals surface area contributed by atoms with Crippen molar-refractivity contribution in [3.63, 3.8) is 0 Å². The van der Waals surface area contributed by atoms with Crippen molar-refractivity contribution in [2.45, 2.75) is 18.9 Å². The van der Waals surface area contributed by atoms with E-state index in [-0.39, 0.29) is 11.1 Å². The number of benzene rings is 1. The van der Waals surface area contributed by atoms with E-state index < -0.39 is 5.82 Å². The van der Waals surface area contributed by atoms with Gasteiger partial charge in [0, 0.05) is 26.3 Å². The van der Waals surface area contributed by atoms with Gasteiger partial charge in [-0.05, 0) is 18.9 Å². The van der Waals surface area contributed by atoms with Crippen molar-refractivity contribution in [1.29, 1.82) is 0 Å². The minimum absolute atomic E-state index is 0.0526. The van der Waals surface area contributed by atoms with E-state index in [2.05, 4.69) is 0 Å². The van der Waals surface area contributed by atoms with E-state index in [0.717, 1.165) is 19.4 Å². The standard InChI is InChI=1S/C12H16ClFN2O/c1-16(7-8-3-2-4-17-8)12-6-10(14)9(13)5-11(12)15/h5-6,8H,2-4,7,15H2,1H3. The van der Waals surface area contributed by atoms with Gasteiger partial charge in [-0.1, -0.05) is 11.6 Å². The van der Waals surface area contributed by atoms with Gasteiger partial charge in [-0.25, -0.2) is 4.39 Å². The SMILES string of the molecule is CN(CC1CCCO1)c1cc(F)c(Cl)cc1N. The number of nitrogen functional groups attached to an aromatic ring is 1. The lowest BCUT2D eigenvalue weighted by Crippen LogP contribution is -2.29. The molecule has 1 unspecified atom stereocenters. The van der Waals surface area contributed by atoms with Crippen LogP contribution in [0.4, 0.5) is 15.8 Å². The monoisotopic (exact) mass is 258 g/mol. The highest BCUT2D eigenvalue weighted by Crippen LogP contribution is 2.29. The first kappa shape index (κ1) is 12.5. The Morgan fingerprint density at radius 1 is 1.59 bits per heavy atom. The largest absolute Gasteiger partial charge is 0.397 e. The number of halogens is 2. The summed E-state index contributed by atoms with van der Waals surface area (Å²) in [4.78, 5) is 1.91. The molecule has 0 amide bonds. The molecule has 17 heavy (non-hydrogen) atoms. The lowest BCUT2D eigenvalue weighted by molar-refractivity contribution is 0.116. The molecule has 0 aromatic heterocycles. The van der Waals surface area contributed by atoms with Gasteiger partial charge in [0.2, 0.25) is 0 Å². The van der Waals surface area contributed by atoms with E-state index in [1.54, 1.807) is 0 Å². The van der Waals surface area contributed by atoms with Crippen LogP contribution in [0.15, 0.2) is 12.1 Å². The maximum absolute atomic E-state index is 13.4. The smallest absolute Gasteiger partial charge is 0.144 e. The van der Waals surface area contributed by atoms with Crippen molar-refractivity contribution in [2.75, 3.05) is 30.8 Å². The van der Waals surface area contributed by atoms with Gasteiger partial charge in [0.15, 0.2) is 0 Å². The molecule has 5 heteroatoms. The fourth-order valence-electron chi connectivity index (χ4n) is 2.07. The van der Waals surface area contributed by atoms with Crippen LogP contribution in [0.25, 0.3) is 0 Å². The lowest BCUT2D eigenvalue weighted by atomic mass is 10.2. The quantitative estimate of drug-likeness (QED) is 0.848. The number of nitrogens with two attached hydrogens (primary N) is 1. The predicted molar refractivity (Wildman–Crippen MR) is 68.1 cm³/mol. The Hall–Kier alpha value is -1.00. The first-order chi connectivity index (χ1) is 8.08. The van der Waals surface area contributed by atoms with E-state index >= 15 is 0 Å². The summed E-state index contributed by atoms with van der Waals surface area (Å²) >= 11 is 5.66. The molecule has 94 valence electrons. The third-order valence-corrected chi connectivity index (χ3v) is 3.27. The van der Waals surface area contributed by atoms with Gasteiger partial charge in [-0.15, -0.1) is 0 Å². The Morgan fingerprint density at radius 3 is 3.00 bits per heavy atom. The van der Waals surface area contributed by atoms with Crippen LogP contribution in [0.2, 0.25) is 5.02 Å². The topological polar surface area (TPSA) is 38.5 Å². The number of ether oxygens (including phenoxy) is 1. The molecule has 1 aliphatic heterocycles. The van der Waals surface area contributed by atoms with Crippen LogP contribution in [0.3, 0.4) is 0 Å². The molecule has 1 atom stereocenters. The van der Waals surface area contributed by atoms with Crippen LogP contribution in [-0.4, -0.2) is 26.3 Å². The summed E-state index contributed by atoms with van der Waals surface area (Å²) in [6.07, 6.45) is 2.33. The average Bonchev–Trinajstić information content (AvgIpc) is 2.76. The normalized spacial score (nSPS) is 19.6. The summed E-state index contributed by atoms with van der Waals surface area (Å²) in [7, 11) is 1.88. The lowest BCUT2D eigenvalue weighted by Gasteiger charge is -2.24. The van der Waals surface area contributed by atoms with Crippen molar-refractivity contribution in [2.24, 2.45) is 0 Å². The zero-order valence-corrected chi connectivity index (χ0v) is 10.5. The summed E-state index contributed by atoms with van der Waals surface area (Å²) in [6.45, 7) is 1.52. The van der Waals surface area contributed by atoms with E-state index in [0.29, 0.717) is 17.9 Å². The molecule has 0 spiro atoms. The molecule has 1 heterocycles. The number of likely N-dealkylation sites (N-methyl/N-ethyl adjacent to an activating group) is 1. The van der Waals surface area contributed by atoms with E-state index in [4.69, 9.17) is 22.1 Å². The number of anilines is 2. The van der Waals surface area contributed by atoms with Crippen molar-refractivity contribution in [3.8, 4) is 0 Å². The van der Waals surface area contributed by atoms with Crippen LogP contribution in [0.1, 0.15) is 12.8 Å². The Balaban J connectivity index is 2.12. The number of hydrogen-bond acceptors (Lipinski definition) is 3. The second kappa shape index (κ2) is 5.10. The van der Waals surface area contributed by atoms with Gasteiger partial charge in [-0.2, -0.15) is 0 Å². The van der Waals surface area contributed by atoms with Crippen LogP contribution in [0.5, 0.6) is 0 Å². The minimum Gasteiger partial charge on any atom is -0.397 e. The molecule has 1 fully saturated rings. The van der Waals surface area contributed by atoms with Crippen molar-refractivity contribution < 1.29 is 9.13 Å². The molecule has 1 aromatic carbocycles. The summed E-state index contributed by atoms with van der Waals surface area (Å²) in [5.41, 5.74) is 6.97. The molecular weight excluding hydrogens is 243 g/mol. The van der Waals surface area contributed by atoms with E-state index in [1.165, 1.54) is 12.1 Å².